The number of esters is 1. The van der Waals surface area contributed by atoms with Crippen molar-refractivity contribution in [3.63, 3.8) is 0 Å². The first kappa shape index (κ1) is 9.14. The Morgan fingerprint density at radius 3 is 2.30 bits per heavy atom. The van der Waals surface area contributed by atoms with Gasteiger partial charge in [-0.15, -0.1) is 0 Å². The molecular weight excluding hydrogens is 133 g/mol. The maximum atomic E-state index is 10.7. The van der Waals surface area contributed by atoms with Gasteiger partial charge in [-0.25, -0.2) is 0 Å². The molecule has 0 aromatic carbocycles. The molecular formula is C7H12O3. The van der Waals surface area contributed by atoms with Gasteiger partial charge in [0.15, 0.2) is 0 Å². The summed E-state index contributed by atoms with van der Waals surface area (Å²) in [6, 6.07) is 0. The fraction of sp³-hybridized carbons (Fsp3) is 0.714. The minimum Gasteiger partial charge on any atom is -0.465 e. The summed E-state index contributed by atoms with van der Waals surface area (Å²) in [5.74, 6) is -1.20. The molecule has 0 saturated carbocycles. The summed E-state index contributed by atoms with van der Waals surface area (Å²) in [6.07, 6.45) is 0. The quantitative estimate of drug-likeness (QED) is 0.335. The lowest BCUT2D eigenvalue weighted by Gasteiger charge is -2.04. The topological polar surface area (TPSA) is 43.4 Å². The molecule has 0 amide bonds. The molecule has 0 aromatic heterocycles. The lowest BCUT2D eigenvalue weighted by Crippen LogP contribution is -2.20. The fourth-order valence-electron chi connectivity index (χ4n) is 0.433. The summed E-state index contributed by atoms with van der Waals surface area (Å²) in [5, 5.41) is 0. The van der Waals surface area contributed by atoms with E-state index >= 15 is 0 Å². The predicted octanol–water partition coefficient (Wildman–Crippen LogP) is 0.775. The second-order valence-corrected chi connectivity index (χ2v) is 2.08. The van der Waals surface area contributed by atoms with Gasteiger partial charge in [-0.1, -0.05) is 0 Å². The van der Waals surface area contributed by atoms with Crippen molar-refractivity contribution in [1.82, 2.24) is 0 Å². The minimum atomic E-state index is -0.611. The van der Waals surface area contributed by atoms with Crippen molar-refractivity contribution in [3.05, 3.63) is 0 Å². The van der Waals surface area contributed by atoms with Crippen LogP contribution in [-0.4, -0.2) is 18.4 Å². The monoisotopic (exact) mass is 145 g/mol. The number of rotatable bonds is 3. The Bertz CT molecular complexity index is 140. The molecule has 0 heterocycles. The van der Waals surface area contributed by atoms with Crippen molar-refractivity contribution in [1.29, 1.82) is 0 Å². The van der Waals surface area contributed by atoms with Gasteiger partial charge in [0.05, 0.1) is 6.61 Å². The van der Waals surface area contributed by atoms with Crippen molar-refractivity contribution in [2.45, 2.75) is 20.8 Å². The third-order valence-electron chi connectivity index (χ3n) is 1.25. The number of carbonyl (C=O) groups is 2. The number of Topliss-reactive ketones (excluding diaryl/α,β-unsaturated/α-hetero) is 1. The van der Waals surface area contributed by atoms with Crippen LogP contribution < -0.4 is 0 Å². The summed E-state index contributed by atoms with van der Waals surface area (Å²) in [5.41, 5.74) is 0. The van der Waals surface area contributed by atoms with E-state index in [9.17, 15) is 9.59 Å². The Balaban J connectivity index is 3.82. The molecule has 58 valence electrons. The molecule has 0 aliphatic rings. The molecule has 0 bridgehead atoms. The number of carbonyl (C=O) groups excluding carboxylic acids is 2. The number of hydrogen-bond acceptors (Lipinski definition) is 3. The molecule has 10 heavy (non-hydrogen) atoms. The van der Waals surface area contributed by atoms with Crippen LogP contribution in [0.3, 0.4) is 0 Å². The van der Waals surface area contributed by atoms with Crippen molar-refractivity contribution in [3.8, 4) is 0 Å². The lowest BCUT2D eigenvalue weighted by atomic mass is 10.1. The predicted molar refractivity (Wildman–Crippen MR) is 36.5 cm³/mol. The van der Waals surface area contributed by atoms with Crippen LogP contribution in [0, 0.1) is 5.92 Å². The standard InChI is InChI=1S/C7H12O3/c1-4-10-7(9)5(2)6(3)8/h5H,4H2,1-3H3/i1+1. The van der Waals surface area contributed by atoms with Gasteiger partial charge in [0, 0.05) is 0 Å². The normalized spacial score (nSPS) is 12.3. The molecule has 1 unspecified atom stereocenters. The Labute approximate surface area is 60.4 Å². The van der Waals surface area contributed by atoms with Gasteiger partial charge in [-0.05, 0) is 20.8 Å². The van der Waals surface area contributed by atoms with E-state index in [1.54, 1.807) is 13.8 Å². The summed E-state index contributed by atoms with van der Waals surface area (Å²) in [6.45, 7) is 4.96. The summed E-state index contributed by atoms with van der Waals surface area (Å²) < 4.78 is 4.61. The summed E-state index contributed by atoms with van der Waals surface area (Å²) >= 11 is 0. The third kappa shape index (κ3) is 2.62. The molecule has 0 aliphatic carbocycles. The van der Waals surface area contributed by atoms with Gasteiger partial charge in [0.2, 0.25) is 0 Å². The Morgan fingerprint density at radius 2 is 2.00 bits per heavy atom. The maximum absolute atomic E-state index is 10.7. The zero-order valence-electron chi connectivity index (χ0n) is 6.51. The number of ketones is 1. The van der Waals surface area contributed by atoms with Crippen molar-refractivity contribution >= 4 is 11.8 Å². The molecule has 1 atom stereocenters. The van der Waals surface area contributed by atoms with Crippen molar-refractivity contribution < 1.29 is 14.3 Å². The van der Waals surface area contributed by atoms with Crippen molar-refractivity contribution in [2.75, 3.05) is 6.61 Å². The third-order valence-corrected chi connectivity index (χ3v) is 1.25. The lowest BCUT2D eigenvalue weighted by molar-refractivity contribution is -0.150. The molecule has 0 radical (unpaired) electrons. The SMILES string of the molecule is CC(=O)C(C)C(=O)OC[13CH3]. The van der Waals surface area contributed by atoms with E-state index in [4.69, 9.17) is 0 Å². The summed E-state index contributed by atoms with van der Waals surface area (Å²) in [7, 11) is 0. The molecule has 3 nitrogen and oxygen atoms in total. The zero-order chi connectivity index (χ0) is 8.15. The van der Waals surface area contributed by atoms with Gasteiger partial charge in [0.1, 0.15) is 11.7 Å². The molecule has 0 rings (SSSR count). The van der Waals surface area contributed by atoms with Crippen molar-refractivity contribution in [2.24, 2.45) is 5.92 Å². The zero-order valence-corrected chi connectivity index (χ0v) is 6.51. The second-order valence-electron chi connectivity index (χ2n) is 2.08. The van der Waals surface area contributed by atoms with Crippen LogP contribution in [0.1, 0.15) is 20.8 Å². The van der Waals surface area contributed by atoms with Gasteiger partial charge >= 0.3 is 5.97 Å². The van der Waals surface area contributed by atoms with Gasteiger partial charge in [0.25, 0.3) is 0 Å². The number of ether oxygens (including phenoxy) is 1. The smallest absolute Gasteiger partial charge is 0.316 e. The van der Waals surface area contributed by atoms with Crippen LogP contribution in [0.5, 0.6) is 0 Å². The van der Waals surface area contributed by atoms with E-state index in [0.29, 0.717) is 6.61 Å². The van der Waals surface area contributed by atoms with E-state index in [1.807, 2.05) is 0 Å². The van der Waals surface area contributed by atoms with Crippen LogP contribution in [0.4, 0.5) is 0 Å². The number of hydrogen-bond donors (Lipinski definition) is 0. The highest BCUT2D eigenvalue weighted by Gasteiger charge is 2.17. The second kappa shape index (κ2) is 4.04. The molecule has 0 spiro atoms. The van der Waals surface area contributed by atoms with Gasteiger partial charge in [-0.3, -0.25) is 9.59 Å². The first-order valence-corrected chi connectivity index (χ1v) is 3.26. The van der Waals surface area contributed by atoms with E-state index in [1.165, 1.54) is 6.92 Å². The highest BCUT2D eigenvalue weighted by Crippen LogP contribution is 1.98. The Morgan fingerprint density at radius 1 is 1.50 bits per heavy atom. The first-order chi connectivity index (χ1) is 4.59. The average molecular weight is 145 g/mol. The molecule has 0 saturated heterocycles. The fourth-order valence-corrected chi connectivity index (χ4v) is 0.433. The van der Waals surface area contributed by atoms with Crippen LogP contribution in [-0.2, 0) is 14.3 Å². The van der Waals surface area contributed by atoms with E-state index in [2.05, 4.69) is 4.74 Å². The highest BCUT2D eigenvalue weighted by molar-refractivity contribution is 5.97. The Kier molecular flexibility index (Phi) is 3.69. The molecule has 0 N–H and O–H groups in total. The highest BCUT2D eigenvalue weighted by atomic mass is 16.5. The molecule has 0 aliphatic heterocycles. The van der Waals surface area contributed by atoms with Gasteiger partial charge in [-0.2, -0.15) is 0 Å². The molecule has 0 aromatic rings. The Hall–Kier alpha value is -0.860. The van der Waals surface area contributed by atoms with Crippen LogP contribution in [0.2, 0.25) is 0 Å². The summed E-state index contributed by atoms with van der Waals surface area (Å²) in [4.78, 5) is 21.3. The van der Waals surface area contributed by atoms with Crippen LogP contribution >= 0.6 is 0 Å². The van der Waals surface area contributed by atoms with E-state index in [0.717, 1.165) is 0 Å². The first-order valence-electron chi connectivity index (χ1n) is 3.26. The van der Waals surface area contributed by atoms with Crippen LogP contribution in [0.15, 0.2) is 0 Å². The molecule has 0 fully saturated rings. The van der Waals surface area contributed by atoms with Crippen LogP contribution in [0.25, 0.3) is 0 Å². The maximum Gasteiger partial charge on any atom is 0.316 e. The minimum absolute atomic E-state index is 0.154. The van der Waals surface area contributed by atoms with E-state index in [-0.39, 0.29) is 5.78 Å². The average Bonchev–Trinajstić information content (AvgIpc) is 1.87. The van der Waals surface area contributed by atoms with E-state index < -0.39 is 11.9 Å². The van der Waals surface area contributed by atoms with Gasteiger partial charge < -0.3 is 4.74 Å². The largest absolute Gasteiger partial charge is 0.465 e. The molecule has 3 heteroatoms.